The molecule has 0 aliphatic heterocycles. The Morgan fingerprint density at radius 3 is 2.48 bits per heavy atom. The molecule has 2 nitrogen and oxygen atoms in total. The fourth-order valence-corrected chi connectivity index (χ4v) is 2.15. The molecule has 0 radical (unpaired) electrons. The van der Waals surface area contributed by atoms with E-state index in [-0.39, 0.29) is 11.9 Å². The summed E-state index contributed by atoms with van der Waals surface area (Å²) < 4.78 is 6.04. The summed E-state index contributed by atoms with van der Waals surface area (Å²) >= 11 is 0. The lowest BCUT2D eigenvalue weighted by Gasteiger charge is -2.19. The van der Waals surface area contributed by atoms with Crippen molar-refractivity contribution >= 4 is 5.78 Å². The predicted molar refractivity (Wildman–Crippen MR) is 88.7 cm³/mol. The number of hydrogen-bond donors (Lipinski definition) is 0. The van der Waals surface area contributed by atoms with Crippen molar-refractivity contribution in [2.24, 2.45) is 0 Å². The Balaban J connectivity index is 2.69. The van der Waals surface area contributed by atoms with Crippen LogP contribution < -0.4 is 4.74 Å². The van der Waals surface area contributed by atoms with E-state index in [0.29, 0.717) is 6.42 Å². The number of ether oxygens (including phenoxy) is 1. The highest BCUT2D eigenvalue weighted by molar-refractivity contribution is 5.75. The van der Waals surface area contributed by atoms with Gasteiger partial charge in [0.25, 0.3) is 0 Å². The SMILES string of the molecule is C=CCC(Oc1ccc(CCC(C)=O)cc1)C(C)=CCC. The number of benzene rings is 1. The molecular formula is C19H26O2. The first-order valence-corrected chi connectivity index (χ1v) is 7.59. The number of hydrogen-bond acceptors (Lipinski definition) is 2. The number of aryl methyl sites for hydroxylation is 1. The Bertz CT molecular complexity index is 483. The normalized spacial score (nSPS) is 12.8. The molecule has 0 aromatic heterocycles. The molecule has 21 heavy (non-hydrogen) atoms. The minimum Gasteiger partial charge on any atom is -0.486 e. The summed E-state index contributed by atoms with van der Waals surface area (Å²) in [7, 11) is 0. The van der Waals surface area contributed by atoms with Crippen molar-refractivity contribution in [3.8, 4) is 5.75 Å². The number of allylic oxidation sites excluding steroid dienone is 1. The van der Waals surface area contributed by atoms with E-state index in [4.69, 9.17) is 4.74 Å². The average molecular weight is 286 g/mol. The molecule has 0 saturated heterocycles. The molecule has 1 aromatic rings. The number of ketones is 1. The largest absolute Gasteiger partial charge is 0.486 e. The van der Waals surface area contributed by atoms with Crippen LogP contribution in [-0.4, -0.2) is 11.9 Å². The van der Waals surface area contributed by atoms with Crippen LogP contribution in [0.1, 0.15) is 45.6 Å². The maximum atomic E-state index is 11.0. The Hall–Kier alpha value is -1.83. The highest BCUT2D eigenvalue weighted by atomic mass is 16.5. The van der Waals surface area contributed by atoms with E-state index in [9.17, 15) is 4.79 Å². The van der Waals surface area contributed by atoms with E-state index in [0.717, 1.165) is 25.0 Å². The Kier molecular flexibility index (Phi) is 7.52. The van der Waals surface area contributed by atoms with Crippen LogP contribution in [0, 0.1) is 0 Å². The van der Waals surface area contributed by atoms with Crippen LogP contribution in [0.5, 0.6) is 5.75 Å². The molecule has 1 atom stereocenters. The summed E-state index contributed by atoms with van der Waals surface area (Å²) in [5.74, 6) is 1.08. The minimum atomic E-state index is 0.0468. The highest BCUT2D eigenvalue weighted by Crippen LogP contribution is 2.20. The van der Waals surface area contributed by atoms with E-state index in [1.807, 2.05) is 30.3 Å². The average Bonchev–Trinajstić information content (AvgIpc) is 2.46. The molecule has 0 saturated carbocycles. The quantitative estimate of drug-likeness (QED) is 0.604. The van der Waals surface area contributed by atoms with Crippen LogP contribution in [-0.2, 0) is 11.2 Å². The Morgan fingerprint density at radius 2 is 1.95 bits per heavy atom. The standard InChI is InChI=1S/C19H26O2/c1-5-7-15(3)19(8-6-2)21-18-13-11-17(12-14-18)10-9-16(4)20/h6-7,11-14,19H,2,5,8-10H2,1,3-4H3. The maximum absolute atomic E-state index is 11.0. The van der Waals surface area contributed by atoms with E-state index in [1.165, 1.54) is 11.1 Å². The monoisotopic (exact) mass is 286 g/mol. The first-order chi connectivity index (χ1) is 10.1. The molecule has 2 heteroatoms. The van der Waals surface area contributed by atoms with Gasteiger partial charge in [-0.05, 0) is 50.0 Å². The molecule has 114 valence electrons. The van der Waals surface area contributed by atoms with Crippen molar-refractivity contribution < 1.29 is 9.53 Å². The van der Waals surface area contributed by atoms with Crippen LogP contribution in [0.3, 0.4) is 0 Å². The van der Waals surface area contributed by atoms with Gasteiger partial charge >= 0.3 is 0 Å². The topological polar surface area (TPSA) is 26.3 Å². The summed E-state index contributed by atoms with van der Waals surface area (Å²) in [6, 6.07) is 8.01. The molecule has 0 fully saturated rings. The third-order valence-electron chi connectivity index (χ3n) is 3.38. The molecule has 0 bridgehead atoms. The number of carbonyl (C=O) groups is 1. The predicted octanol–water partition coefficient (Wildman–Crippen LogP) is 4.89. The molecule has 0 spiro atoms. The van der Waals surface area contributed by atoms with Gasteiger partial charge in [0.15, 0.2) is 0 Å². The Labute approximate surface area is 128 Å². The maximum Gasteiger partial charge on any atom is 0.130 e. The lowest BCUT2D eigenvalue weighted by Crippen LogP contribution is -2.17. The van der Waals surface area contributed by atoms with Crippen LogP contribution in [0.25, 0.3) is 0 Å². The molecule has 0 aliphatic rings. The molecule has 0 N–H and O–H groups in total. The van der Waals surface area contributed by atoms with Gasteiger partial charge in [0, 0.05) is 12.8 Å². The first-order valence-electron chi connectivity index (χ1n) is 7.59. The van der Waals surface area contributed by atoms with E-state index in [1.54, 1.807) is 6.92 Å². The summed E-state index contributed by atoms with van der Waals surface area (Å²) in [5, 5.41) is 0. The zero-order valence-corrected chi connectivity index (χ0v) is 13.4. The van der Waals surface area contributed by atoms with Crippen LogP contribution in [0.2, 0.25) is 0 Å². The van der Waals surface area contributed by atoms with Gasteiger partial charge in [-0.1, -0.05) is 31.2 Å². The molecule has 0 aliphatic carbocycles. The van der Waals surface area contributed by atoms with E-state index >= 15 is 0 Å². The molecule has 0 amide bonds. The third kappa shape index (κ3) is 6.44. The lowest BCUT2D eigenvalue weighted by atomic mass is 10.1. The smallest absolute Gasteiger partial charge is 0.130 e. The molecule has 1 rings (SSSR count). The first kappa shape index (κ1) is 17.2. The minimum absolute atomic E-state index is 0.0468. The number of rotatable bonds is 9. The summed E-state index contributed by atoms with van der Waals surface area (Å²) in [5.41, 5.74) is 2.40. The van der Waals surface area contributed by atoms with Gasteiger partial charge in [-0.15, -0.1) is 6.58 Å². The number of Topliss-reactive ketones (excluding diaryl/α,β-unsaturated/α-hetero) is 1. The summed E-state index contributed by atoms with van der Waals surface area (Å²) in [6.45, 7) is 9.65. The van der Waals surface area contributed by atoms with Gasteiger partial charge in [0.2, 0.25) is 0 Å². The van der Waals surface area contributed by atoms with Crippen LogP contribution in [0.15, 0.2) is 48.6 Å². The summed E-state index contributed by atoms with van der Waals surface area (Å²) in [6.07, 6.45) is 7.32. The zero-order chi connectivity index (χ0) is 15.7. The van der Waals surface area contributed by atoms with Gasteiger partial charge < -0.3 is 9.53 Å². The van der Waals surface area contributed by atoms with Crippen LogP contribution >= 0.6 is 0 Å². The zero-order valence-electron chi connectivity index (χ0n) is 13.4. The van der Waals surface area contributed by atoms with E-state index < -0.39 is 0 Å². The number of carbonyl (C=O) groups excluding carboxylic acids is 1. The van der Waals surface area contributed by atoms with Crippen LogP contribution in [0.4, 0.5) is 0 Å². The fourth-order valence-electron chi connectivity index (χ4n) is 2.15. The van der Waals surface area contributed by atoms with Crippen molar-refractivity contribution in [2.75, 3.05) is 0 Å². The van der Waals surface area contributed by atoms with Crippen molar-refractivity contribution in [1.29, 1.82) is 0 Å². The molecule has 1 aromatic carbocycles. The van der Waals surface area contributed by atoms with Crippen molar-refractivity contribution in [1.82, 2.24) is 0 Å². The second-order valence-corrected chi connectivity index (χ2v) is 5.33. The third-order valence-corrected chi connectivity index (χ3v) is 3.38. The molecule has 1 unspecified atom stereocenters. The molecular weight excluding hydrogens is 260 g/mol. The second-order valence-electron chi connectivity index (χ2n) is 5.33. The summed E-state index contributed by atoms with van der Waals surface area (Å²) in [4.78, 5) is 11.0. The van der Waals surface area contributed by atoms with Gasteiger partial charge in [-0.25, -0.2) is 0 Å². The van der Waals surface area contributed by atoms with Gasteiger partial charge in [0.1, 0.15) is 17.6 Å². The van der Waals surface area contributed by atoms with Gasteiger partial charge in [0.05, 0.1) is 0 Å². The van der Waals surface area contributed by atoms with Crippen molar-refractivity contribution in [2.45, 2.75) is 52.6 Å². The molecule has 0 heterocycles. The van der Waals surface area contributed by atoms with Crippen molar-refractivity contribution in [3.05, 3.63) is 54.1 Å². The van der Waals surface area contributed by atoms with Crippen molar-refractivity contribution in [3.63, 3.8) is 0 Å². The van der Waals surface area contributed by atoms with E-state index in [2.05, 4.69) is 26.5 Å². The Morgan fingerprint density at radius 1 is 1.29 bits per heavy atom. The fraction of sp³-hybridized carbons (Fsp3) is 0.421. The van der Waals surface area contributed by atoms with Gasteiger partial charge in [-0.2, -0.15) is 0 Å². The highest BCUT2D eigenvalue weighted by Gasteiger charge is 2.10. The second kappa shape index (κ2) is 9.17. The van der Waals surface area contributed by atoms with Gasteiger partial charge in [-0.3, -0.25) is 0 Å². The lowest BCUT2D eigenvalue weighted by molar-refractivity contribution is -0.116.